The van der Waals surface area contributed by atoms with Gasteiger partial charge in [-0.15, -0.1) is 0 Å². The van der Waals surface area contributed by atoms with E-state index in [4.69, 9.17) is 4.52 Å². The number of hydrogen-bond donors (Lipinski definition) is 2. The third-order valence-corrected chi connectivity index (χ3v) is 4.41. The predicted molar refractivity (Wildman–Crippen MR) is 88.2 cm³/mol. The molecule has 1 aromatic rings. The van der Waals surface area contributed by atoms with E-state index in [1.54, 1.807) is 6.07 Å². The first-order valence-electron chi connectivity index (χ1n) is 8.31. The summed E-state index contributed by atoms with van der Waals surface area (Å²) in [6.45, 7) is 10.9. The fourth-order valence-corrected chi connectivity index (χ4v) is 3.05. The molecule has 1 amide bonds. The summed E-state index contributed by atoms with van der Waals surface area (Å²) in [5.74, 6) is 0.305. The summed E-state index contributed by atoms with van der Waals surface area (Å²) in [5.41, 5.74) is 0.741. The summed E-state index contributed by atoms with van der Waals surface area (Å²) >= 11 is 0. The molecule has 3 atom stereocenters. The van der Waals surface area contributed by atoms with E-state index in [2.05, 4.69) is 27.2 Å². The van der Waals surface area contributed by atoms with Crippen LogP contribution in [0.5, 0.6) is 0 Å². The number of piperazine rings is 1. The first-order valence-corrected chi connectivity index (χ1v) is 8.31. The SMILES string of the molecule is CC[C@@H]1CN([C@@H](C)C(=O)Nc2cc(C)no2)CCN1C[C@@H](C)O. The summed E-state index contributed by atoms with van der Waals surface area (Å²) in [5, 5.41) is 16.2. The molecule has 1 aromatic heterocycles. The van der Waals surface area contributed by atoms with E-state index >= 15 is 0 Å². The van der Waals surface area contributed by atoms with Crippen LogP contribution in [0.4, 0.5) is 5.88 Å². The van der Waals surface area contributed by atoms with Gasteiger partial charge in [-0.05, 0) is 27.2 Å². The Balaban J connectivity index is 1.92. The highest BCUT2D eigenvalue weighted by Gasteiger charge is 2.31. The molecule has 0 bridgehead atoms. The van der Waals surface area contributed by atoms with Crippen LogP contribution < -0.4 is 5.32 Å². The smallest absolute Gasteiger partial charge is 0.243 e. The number of β-amino-alcohol motifs (C(OH)–C–C–N with tert-alkyl or cyclic N) is 1. The Morgan fingerprint density at radius 1 is 1.52 bits per heavy atom. The van der Waals surface area contributed by atoms with E-state index in [9.17, 15) is 9.90 Å². The predicted octanol–water partition coefficient (Wildman–Crippen LogP) is 1.09. The third kappa shape index (κ3) is 4.76. The van der Waals surface area contributed by atoms with Crippen LogP contribution in [0.1, 0.15) is 32.9 Å². The highest BCUT2D eigenvalue weighted by molar-refractivity contribution is 5.93. The molecule has 23 heavy (non-hydrogen) atoms. The van der Waals surface area contributed by atoms with Gasteiger partial charge in [0.05, 0.1) is 17.8 Å². The summed E-state index contributed by atoms with van der Waals surface area (Å²) < 4.78 is 5.04. The Labute approximate surface area is 137 Å². The zero-order valence-electron chi connectivity index (χ0n) is 14.5. The van der Waals surface area contributed by atoms with Crippen molar-refractivity contribution in [1.29, 1.82) is 0 Å². The quantitative estimate of drug-likeness (QED) is 0.815. The van der Waals surface area contributed by atoms with E-state index < -0.39 is 0 Å². The number of anilines is 1. The average Bonchev–Trinajstić information content (AvgIpc) is 2.91. The molecular formula is C16H28N4O3. The molecule has 0 saturated carbocycles. The van der Waals surface area contributed by atoms with Crippen LogP contribution in [-0.4, -0.2) is 70.3 Å². The maximum Gasteiger partial charge on any atom is 0.243 e. The van der Waals surface area contributed by atoms with Gasteiger partial charge in [0.15, 0.2) is 0 Å². The second-order valence-electron chi connectivity index (χ2n) is 6.40. The number of aromatic nitrogens is 1. The molecular weight excluding hydrogens is 296 g/mol. The standard InChI is InChI=1S/C16H28N4O3/c1-5-14-10-19(6-7-20(14)9-12(3)21)13(4)16(22)17-15-8-11(2)18-23-15/h8,12-14,21H,5-7,9-10H2,1-4H3,(H,17,22)/t12-,13+,14-/m1/s1. The van der Waals surface area contributed by atoms with E-state index in [1.807, 2.05) is 20.8 Å². The molecule has 2 heterocycles. The van der Waals surface area contributed by atoms with Crippen molar-refractivity contribution in [3.8, 4) is 0 Å². The van der Waals surface area contributed by atoms with Gasteiger partial charge in [-0.2, -0.15) is 0 Å². The number of carbonyl (C=O) groups is 1. The molecule has 0 unspecified atom stereocenters. The highest BCUT2D eigenvalue weighted by atomic mass is 16.5. The topological polar surface area (TPSA) is 81.8 Å². The monoisotopic (exact) mass is 324 g/mol. The van der Waals surface area contributed by atoms with Crippen LogP contribution >= 0.6 is 0 Å². The summed E-state index contributed by atoms with van der Waals surface area (Å²) in [6, 6.07) is 1.84. The first-order chi connectivity index (χ1) is 10.9. The molecule has 130 valence electrons. The van der Waals surface area contributed by atoms with Gasteiger partial charge in [-0.1, -0.05) is 12.1 Å². The van der Waals surface area contributed by atoms with E-state index in [0.717, 1.165) is 31.7 Å². The van der Waals surface area contributed by atoms with Gasteiger partial charge >= 0.3 is 0 Å². The third-order valence-electron chi connectivity index (χ3n) is 4.41. The Kier molecular flexibility index (Phi) is 6.15. The average molecular weight is 324 g/mol. The Morgan fingerprint density at radius 2 is 2.26 bits per heavy atom. The van der Waals surface area contributed by atoms with Gasteiger partial charge in [0.2, 0.25) is 11.8 Å². The lowest BCUT2D eigenvalue weighted by Gasteiger charge is -2.43. The van der Waals surface area contributed by atoms with Crippen molar-refractivity contribution < 1.29 is 14.4 Å². The van der Waals surface area contributed by atoms with E-state index in [-0.39, 0.29) is 18.1 Å². The first kappa shape index (κ1) is 17.9. The van der Waals surface area contributed by atoms with Crippen LogP contribution in [-0.2, 0) is 4.79 Å². The number of rotatable bonds is 6. The molecule has 1 aliphatic rings. The number of nitrogens with one attached hydrogen (secondary N) is 1. The number of aliphatic hydroxyl groups is 1. The van der Waals surface area contributed by atoms with Crippen molar-refractivity contribution in [1.82, 2.24) is 15.0 Å². The van der Waals surface area contributed by atoms with Crippen LogP contribution in [0.3, 0.4) is 0 Å². The lowest BCUT2D eigenvalue weighted by molar-refractivity contribution is -0.122. The van der Waals surface area contributed by atoms with Crippen LogP contribution in [0.15, 0.2) is 10.6 Å². The van der Waals surface area contributed by atoms with Crippen molar-refractivity contribution >= 4 is 11.8 Å². The lowest BCUT2D eigenvalue weighted by Crippen LogP contribution is -2.58. The van der Waals surface area contributed by atoms with E-state index in [0.29, 0.717) is 18.5 Å². The van der Waals surface area contributed by atoms with Crippen LogP contribution in [0, 0.1) is 6.92 Å². The maximum absolute atomic E-state index is 12.4. The van der Waals surface area contributed by atoms with Crippen molar-refractivity contribution in [3.63, 3.8) is 0 Å². The maximum atomic E-state index is 12.4. The molecule has 0 aliphatic carbocycles. The number of hydrogen-bond acceptors (Lipinski definition) is 6. The fraction of sp³-hybridized carbons (Fsp3) is 0.750. The second-order valence-corrected chi connectivity index (χ2v) is 6.40. The zero-order chi connectivity index (χ0) is 17.0. The summed E-state index contributed by atoms with van der Waals surface area (Å²) in [7, 11) is 0. The number of carbonyl (C=O) groups excluding carboxylic acids is 1. The fourth-order valence-electron chi connectivity index (χ4n) is 3.05. The van der Waals surface area contributed by atoms with E-state index in [1.165, 1.54) is 0 Å². The van der Waals surface area contributed by atoms with Gasteiger partial charge in [0.1, 0.15) is 0 Å². The minimum atomic E-state index is -0.328. The van der Waals surface area contributed by atoms with Crippen molar-refractivity contribution in [2.75, 3.05) is 31.5 Å². The van der Waals surface area contributed by atoms with Crippen molar-refractivity contribution in [3.05, 3.63) is 11.8 Å². The number of amides is 1. The zero-order valence-corrected chi connectivity index (χ0v) is 14.5. The van der Waals surface area contributed by atoms with Crippen LogP contribution in [0.2, 0.25) is 0 Å². The Morgan fingerprint density at radius 3 is 2.83 bits per heavy atom. The van der Waals surface area contributed by atoms with Gasteiger partial charge in [0, 0.05) is 38.3 Å². The molecule has 1 saturated heterocycles. The molecule has 1 fully saturated rings. The number of aliphatic hydroxyl groups excluding tert-OH is 1. The number of nitrogens with zero attached hydrogens (tertiary/aromatic N) is 3. The Hall–Kier alpha value is -1.44. The van der Waals surface area contributed by atoms with Gasteiger partial charge in [0.25, 0.3) is 0 Å². The minimum absolute atomic E-state index is 0.0834. The molecule has 2 N–H and O–H groups in total. The molecule has 2 rings (SSSR count). The Bertz CT molecular complexity index is 517. The van der Waals surface area contributed by atoms with Gasteiger partial charge < -0.3 is 9.63 Å². The van der Waals surface area contributed by atoms with Crippen LogP contribution in [0.25, 0.3) is 0 Å². The highest BCUT2D eigenvalue weighted by Crippen LogP contribution is 2.17. The molecule has 0 aromatic carbocycles. The van der Waals surface area contributed by atoms with Gasteiger partial charge in [-0.3, -0.25) is 19.9 Å². The normalized spacial score (nSPS) is 22.7. The summed E-state index contributed by atoms with van der Waals surface area (Å²) in [4.78, 5) is 16.9. The largest absolute Gasteiger partial charge is 0.392 e. The molecule has 7 heteroatoms. The molecule has 0 radical (unpaired) electrons. The molecule has 0 spiro atoms. The number of aryl methyl sites for hydroxylation is 1. The lowest BCUT2D eigenvalue weighted by atomic mass is 10.1. The van der Waals surface area contributed by atoms with Crippen molar-refractivity contribution in [2.45, 2.75) is 52.3 Å². The summed E-state index contributed by atoms with van der Waals surface area (Å²) in [6.07, 6.45) is 0.671. The second kappa shape index (κ2) is 7.90. The molecule has 7 nitrogen and oxygen atoms in total. The minimum Gasteiger partial charge on any atom is -0.392 e. The van der Waals surface area contributed by atoms with Gasteiger partial charge in [-0.25, -0.2) is 0 Å². The molecule has 1 aliphatic heterocycles. The van der Waals surface area contributed by atoms with Crippen molar-refractivity contribution in [2.24, 2.45) is 0 Å².